The Morgan fingerprint density at radius 2 is 1.89 bits per heavy atom. The van der Waals surface area contributed by atoms with E-state index in [0.717, 1.165) is 11.8 Å². The Morgan fingerprint density at radius 1 is 1.15 bits per heavy atom. The predicted molar refractivity (Wildman–Crippen MR) is 97.5 cm³/mol. The van der Waals surface area contributed by atoms with Crippen LogP contribution in [0.25, 0.3) is 5.52 Å². The van der Waals surface area contributed by atoms with Gasteiger partial charge in [0.15, 0.2) is 11.3 Å². The highest BCUT2D eigenvalue weighted by Gasteiger charge is 2.20. The first-order valence-corrected chi connectivity index (χ1v) is 8.20. The number of ether oxygens (including phenoxy) is 2. The number of fused-ring (bicyclic) bond motifs is 1. The van der Waals surface area contributed by atoms with E-state index in [4.69, 9.17) is 9.47 Å². The number of pyridine rings is 1. The molecule has 1 N–H and O–H groups in total. The quantitative estimate of drug-likeness (QED) is 0.675. The van der Waals surface area contributed by atoms with Crippen LogP contribution in [0.1, 0.15) is 15.9 Å². The Balaban J connectivity index is 2.16. The van der Waals surface area contributed by atoms with Gasteiger partial charge in [0.2, 0.25) is 5.43 Å². The Bertz CT molecular complexity index is 1090. The summed E-state index contributed by atoms with van der Waals surface area (Å²) in [5.74, 6) is -1.67. The maximum absolute atomic E-state index is 12.8. The summed E-state index contributed by atoms with van der Waals surface area (Å²) in [5.41, 5.74) is -0.998. The Hall–Kier alpha value is -3.39. The summed E-state index contributed by atoms with van der Waals surface area (Å²) >= 11 is 0. The summed E-state index contributed by atoms with van der Waals surface area (Å²) in [5, 5.41) is 9.31. The topological polar surface area (TPSA) is 99.2 Å². The number of carboxylic acids is 1. The summed E-state index contributed by atoms with van der Waals surface area (Å²) in [7, 11) is 1.52. The van der Waals surface area contributed by atoms with Crippen LogP contribution >= 0.6 is 0 Å². The number of benzene rings is 1. The van der Waals surface area contributed by atoms with Gasteiger partial charge in [-0.15, -0.1) is 0 Å². The van der Waals surface area contributed by atoms with Gasteiger partial charge in [-0.25, -0.2) is 4.79 Å². The largest absolute Gasteiger partial charge is 0.483 e. The van der Waals surface area contributed by atoms with E-state index in [1.165, 1.54) is 28.5 Å². The normalized spacial score (nSPS) is 10.9. The van der Waals surface area contributed by atoms with Gasteiger partial charge in [0, 0.05) is 32.2 Å². The number of aromatic carboxylic acids is 1. The summed E-state index contributed by atoms with van der Waals surface area (Å²) in [4.78, 5) is 36.9. The minimum atomic E-state index is -1.39. The first kappa shape index (κ1) is 18.4. The minimum Gasteiger partial charge on any atom is -0.483 e. The minimum absolute atomic E-state index is 0.0143. The Labute approximate surface area is 153 Å². The van der Waals surface area contributed by atoms with Crippen LogP contribution in [0.15, 0.2) is 58.5 Å². The number of methoxy groups -OCH3 is 1. The van der Waals surface area contributed by atoms with E-state index in [2.05, 4.69) is 0 Å². The fourth-order valence-electron chi connectivity index (χ4n) is 2.67. The van der Waals surface area contributed by atoms with Gasteiger partial charge in [-0.2, -0.15) is 0 Å². The summed E-state index contributed by atoms with van der Waals surface area (Å²) in [6.45, 7) is 0.633. The SMILES string of the molecule is COCCn1ccn2cc(C(=O)O)c(=O)c(OCc3ccccc3)c2c1=O. The number of hydrogen-bond donors (Lipinski definition) is 1. The zero-order valence-corrected chi connectivity index (χ0v) is 14.6. The molecule has 0 saturated heterocycles. The van der Waals surface area contributed by atoms with Crippen LogP contribution < -0.4 is 15.7 Å². The van der Waals surface area contributed by atoms with Gasteiger partial charge in [-0.05, 0) is 5.56 Å². The van der Waals surface area contributed by atoms with Crippen molar-refractivity contribution >= 4 is 11.5 Å². The van der Waals surface area contributed by atoms with E-state index < -0.39 is 22.5 Å². The zero-order valence-electron chi connectivity index (χ0n) is 14.6. The third-order valence-electron chi connectivity index (χ3n) is 4.06. The van der Waals surface area contributed by atoms with E-state index in [-0.39, 0.29) is 17.9 Å². The second kappa shape index (κ2) is 7.88. The van der Waals surface area contributed by atoms with E-state index in [0.29, 0.717) is 13.2 Å². The standard InChI is InChI=1S/C19H18N2O6/c1-26-10-9-20-7-8-21-11-14(19(24)25)16(22)17(15(21)18(20)23)27-12-13-5-3-2-4-6-13/h2-8,11H,9-10,12H2,1H3,(H,24,25). The van der Waals surface area contributed by atoms with Crippen LogP contribution in [-0.2, 0) is 17.9 Å². The second-order valence-electron chi connectivity index (χ2n) is 5.83. The molecule has 0 aliphatic carbocycles. The van der Waals surface area contributed by atoms with Crippen LogP contribution in [-0.4, -0.2) is 33.8 Å². The monoisotopic (exact) mass is 370 g/mol. The van der Waals surface area contributed by atoms with Crippen molar-refractivity contribution in [2.45, 2.75) is 13.2 Å². The summed E-state index contributed by atoms with van der Waals surface area (Å²) in [6, 6.07) is 9.08. The van der Waals surface area contributed by atoms with E-state index in [1.807, 2.05) is 18.2 Å². The van der Waals surface area contributed by atoms with Crippen molar-refractivity contribution in [1.29, 1.82) is 0 Å². The van der Waals surface area contributed by atoms with Crippen molar-refractivity contribution in [3.8, 4) is 5.75 Å². The molecule has 1 aromatic carbocycles. The van der Waals surface area contributed by atoms with E-state index in [9.17, 15) is 19.5 Å². The Kier molecular flexibility index (Phi) is 5.37. The molecule has 3 rings (SSSR count). The van der Waals surface area contributed by atoms with E-state index >= 15 is 0 Å². The Morgan fingerprint density at radius 3 is 2.56 bits per heavy atom. The predicted octanol–water partition coefficient (Wildman–Crippen LogP) is 1.38. The summed E-state index contributed by atoms with van der Waals surface area (Å²) in [6.07, 6.45) is 4.14. The molecule has 8 nitrogen and oxygen atoms in total. The van der Waals surface area contributed by atoms with Gasteiger partial charge in [0.1, 0.15) is 12.2 Å². The number of carbonyl (C=O) groups is 1. The number of hydrogen-bond acceptors (Lipinski definition) is 5. The highest BCUT2D eigenvalue weighted by atomic mass is 16.5. The van der Waals surface area contributed by atoms with Crippen LogP contribution in [0, 0.1) is 0 Å². The average molecular weight is 370 g/mol. The number of aromatic nitrogens is 2. The fraction of sp³-hybridized carbons (Fsp3) is 0.211. The van der Waals surface area contributed by atoms with Gasteiger partial charge in [-0.3, -0.25) is 9.59 Å². The van der Waals surface area contributed by atoms with Gasteiger partial charge in [0.25, 0.3) is 5.56 Å². The highest BCUT2D eigenvalue weighted by molar-refractivity contribution is 5.88. The van der Waals surface area contributed by atoms with Crippen LogP contribution in [0.3, 0.4) is 0 Å². The number of nitrogens with zero attached hydrogens (tertiary/aromatic N) is 2. The molecule has 0 unspecified atom stereocenters. The van der Waals surface area contributed by atoms with Crippen molar-refractivity contribution in [2.75, 3.05) is 13.7 Å². The molecule has 27 heavy (non-hydrogen) atoms. The lowest BCUT2D eigenvalue weighted by Crippen LogP contribution is -2.28. The molecule has 8 heteroatoms. The first-order chi connectivity index (χ1) is 13.0. The molecule has 0 aliphatic rings. The van der Waals surface area contributed by atoms with Gasteiger partial charge in [0.05, 0.1) is 6.61 Å². The molecule has 2 aromatic heterocycles. The van der Waals surface area contributed by atoms with Gasteiger partial charge in [-0.1, -0.05) is 30.3 Å². The first-order valence-electron chi connectivity index (χ1n) is 8.20. The van der Waals surface area contributed by atoms with Crippen molar-refractivity contribution in [3.05, 3.63) is 80.6 Å². The molecule has 0 amide bonds. The average Bonchev–Trinajstić information content (AvgIpc) is 2.67. The van der Waals surface area contributed by atoms with Crippen LogP contribution in [0.2, 0.25) is 0 Å². The molecule has 0 atom stereocenters. The molecule has 140 valence electrons. The molecule has 0 aliphatic heterocycles. The molecule has 0 radical (unpaired) electrons. The maximum atomic E-state index is 12.8. The van der Waals surface area contributed by atoms with Crippen LogP contribution in [0.5, 0.6) is 5.75 Å². The summed E-state index contributed by atoms with van der Waals surface area (Å²) < 4.78 is 13.3. The van der Waals surface area contributed by atoms with Crippen molar-refractivity contribution in [2.24, 2.45) is 0 Å². The molecule has 0 fully saturated rings. The second-order valence-corrected chi connectivity index (χ2v) is 5.83. The molecular weight excluding hydrogens is 352 g/mol. The van der Waals surface area contributed by atoms with Crippen molar-refractivity contribution < 1.29 is 19.4 Å². The molecule has 0 spiro atoms. The molecule has 3 aromatic rings. The lowest BCUT2D eigenvalue weighted by Gasteiger charge is -2.13. The smallest absolute Gasteiger partial charge is 0.341 e. The fourth-order valence-corrected chi connectivity index (χ4v) is 2.67. The molecule has 2 heterocycles. The number of rotatable bonds is 7. The molecule has 0 bridgehead atoms. The lowest BCUT2D eigenvalue weighted by molar-refractivity contribution is 0.0694. The molecule has 0 saturated carbocycles. The third-order valence-corrected chi connectivity index (χ3v) is 4.06. The highest BCUT2D eigenvalue weighted by Crippen LogP contribution is 2.15. The van der Waals surface area contributed by atoms with Gasteiger partial charge < -0.3 is 23.5 Å². The van der Waals surface area contributed by atoms with Gasteiger partial charge >= 0.3 is 5.97 Å². The van der Waals surface area contributed by atoms with Crippen LogP contribution in [0.4, 0.5) is 0 Å². The lowest BCUT2D eigenvalue weighted by atomic mass is 10.2. The zero-order chi connectivity index (χ0) is 19.4. The number of carboxylic acid groups (broad SMARTS) is 1. The third kappa shape index (κ3) is 3.75. The van der Waals surface area contributed by atoms with Crippen molar-refractivity contribution in [3.63, 3.8) is 0 Å². The maximum Gasteiger partial charge on any atom is 0.341 e. The van der Waals surface area contributed by atoms with E-state index in [1.54, 1.807) is 12.1 Å². The van der Waals surface area contributed by atoms with Crippen molar-refractivity contribution in [1.82, 2.24) is 8.97 Å². The molecular formula is C19H18N2O6.